The van der Waals surface area contributed by atoms with E-state index < -0.39 is 0 Å². The lowest BCUT2D eigenvalue weighted by molar-refractivity contribution is 0.102. The number of anilines is 1. The van der Waals surface area contributed by atoms with Gasteiger partial charge in [0, 0.05) is 23.0 Å². The highest BCUT2D eigenvalue weighted by Crippen LogP contribution is 2.27. The van der Waals surface area contributed by atoms with E-state index in [1.807, 2.05) is 53.9 Å². The van der Waals surface area contributed by atoms with E-state index in [1.165, 1.54) is 0 Å². The number of imidazole rings is 1. The summed E-state index contributed by atoms with van der Waals surface area (Å²) in [6, 6.07) is 11.4. The minimum absolute atomic E-state index is 0.148. The van der Waals surface area contributed by atoms with Gasteiger partial charge in [-0.05, 0) is 48.4 Å². The monoisotopic (exact) mass is 356 g/mol. The topological polar surface area (TPSA) is 71.9 Å². The van der Waals surface area contributed by atoms with E-state index in [0.29, 0.717) is 12.1 Å². The first-order valence-electron chi connectivity index (χ1n) is 8.64. The quantitative estimate of drug-likeness (QED) is 0.606. The molecule has 1 amide bonds. The summed E-state index contributed by atoms with van der Waals surface area (Å²) in [5.41, 5.74) is 6.06. The molecule has 0 spiro atoms. The van der Waals surface area contributed by atoms with Gasteiger partial charge in [0.05, 0.1) is 30.8 Å². The zero-order chi connectivity index (χ0) is 18.4. The molecule has 0 atom stereocenters. The van der Waals surface area contributed by atoms with Gasteiger partial charge in [-0.25, -0.2) is 4.98 Å². The Morgan fingerprint density at radius 2 is 2.19 bits per heavy atom. The number of nitrogens with one attached hydrogen (secondary N) is 1. The molecule has 1 N–H and O–H groups in total. The van der Waals surface area contributed by atoms with Crippen molar-refractivity contribution in [2.75, 3.05) is 5.32 Å². The number of aromatic nitrogens is 2. The summed E-state index contributed by atoms with van der Waals surface area (Å²) in [5.74, 6) is 0.588. The van der Waals surface area contributed by atoms with E-state index in [-0.39, 0.29) is 5.91 Å². The van der Waals surface area contributed by atoms with Gasteiger partial charge in [0.15, 0.2) is 5.76 Å². The van der Waals surface area contributed by atoms with Crippen molar-refractivity contribution in [2.24, 2.45) is 4.99 Å². The van der Waals surface area contributed by atoms with E-state index >= 15 is 0 Å². The molecule has 132 valence electrons. The van der Waals surface area contributed by atoms with E-state index in [0.717, 1.165) is 39.4 Å². The third-order valence-electron chi connectivity index (χ3n) is 4.78. The van der Waals surface area contributed by atoms with E-state index in [9.17, 15) is 4.79 Å². The van der Waals surface area contributed by atoms with Crippen molar-refractivity contribution in [1.29, 1.82) is 0 Å². The number of hydrogen-bond acceptors (Lipinski definition) is 4. The lowest BCUT2D eigenvalue weighted by Crippen LogP contribution is -2.14. The van der Waals surface area contributed by atoms with Crippen LogP contribution in [0.5, 0.6) is 0 Å². The number of aryl methyl sites for hydroxylation is 1. The van der Waals surface area contributed by atoms with Gasteiger partial charge < -0.3 is 14.1 Å². The van der Waals surface area contributed by atoms with Crippen LogP contribution in [0.15, 0.2) is 70.8 Å². The van der Waals surface area contributed by atoms with Crippen molar-refractivity contribution in [3.8, 4) is 0 Å². The summed E-state index contributed by atoms with van der Waals surface area (Å²) < 4.78 is 7.38. The first kappa shape index (κ1) is 15.6. The maximum absolute atomic E-state index is 12.8. The highest BCUT2D eigenvalue weighted by molar-refractivity contribution is 6.14. The molecule has 1 aromatic carbocycles. The maximum atomic E-state index is 12.8. The van der Waals surface area contributed by atoms with Crippen LogP contribution in [0.1, 0.15) is 32.8 Å². The zero-order valence-electron chi connectivity index (χ0n) is 14.6. The average molecular weight is 356 g/mol. The van der Waals surface area contributed by atoms with E-state index in [1.54, 1.807) is 18.8 Å². The van der Waals surface area contributed by atoms with Gasteiger partial charge >= 0.3 is 0 Å². The fourth-order valence-corrected chi connectivity index (χ4v) is 3.40. The Kier molecular flexibility index (Phi) is 3.43. The molecule has 1 aliphatic rings. The van der Waals surface area contributed by atoms with Crippen molar-refractivity contribution >= 4 is 22.8 Å². The first-order valence-corrected chi connectivity index (χ1v) is 8.64. The van der Waals surface area contributed by atoms with Crippen LogP contribution in [0.2, 0.25) is 0 Å². The Balaban J connectivity index is 1.46. The molecule has 0 radical (unpaired) electrons. The first-order chi connectivity index (χ1) is 13.2. The third-order valence-corrected chi connectivity index (χ3v) is 4.78. The minimum Gasteiger partial charge on any atom is -0.463 e. The fraction of sp³-hybridized carbons (Fsp3) is 0.0952. The van der Waals surface area contributed by atoms with E-state index in [2.05, 4.69) is 15.3 Å². The number of aliphatic imine (C=N–C) groups is 1. The molecule has 0 aliphatic carbocycles. The Labute approximate surface area is 155 Å². The SMILES string of the molecule is Cc1cn2cncc2cc1C(=O)Nc1ccc2c(c1)C(c1ccco1)=NC2. The second-order valence-corrected chi connectivity index (χ2v) is 6.56. The van der Waals surface area contributed by atoms with Crippen molar-refractivity contribution < 1.29 is 9.21 Å². The van der Waals surface area contributed by atoms with Gasteiger partial charge in [-0.3, -0.25) is 9.79 Å². The third kappa shape index (κ3) is 2.62. The van der Waals surface area contributed by atoms with Gasteiger partial charge in [-0.2, -0.15) is 0 Å². The zero-order valence-corrected chi connectivity index (χ0v) is 14.6. The average Bonchev–Trinajstić information content (AvgIpc) is 3.40. The molecule has 5 rings (SSSR count). The molecule has 6 nitrogen and oxygen atoms in total. The second kappa shape index (κ2) is 5.95. The van der Waals surface area contributed by atoms with Crippen molar-refractivity contribution in [3.05, 3.63) is 89.4 Å². The smallest absolute Gasteiger partial charge is 0.256 e. The number of rotatable bonds is 3. The molecular formula is C21H16N4O2. The molecule has 6 heteroatoms. The van der Waals surface area contributed by atoms with Gasteiger partial charge in [-0.1, -0.05) is 6.07 Å². The normalized spacial score (nSPS) is 12.9. The number of fused-ring (bicyclic) bond motifs is 2. The van der Waals surface area contributed by atoms with Crippen LogP contribution in [0.4, 0.5) is 5.69 Å². The highest BCUT2D eigenvalue weighted by atomic mass is 16.3. The largest absolute Gasteiger partial charge is 0.463 e. The van der Waals surface area contributed by atoms with Crippen LogP contribution < -0.4 is 5.32 Å². The summed E-state index contributed by atoms with van der Waals surface area (Å²) in [6.07, 6.45) is 7.00. The number of furan rings is 1. The van der Waals surface area contributed by atoms with Gasteiger partial charge in [0.2, 0.25) is 0 Å². The molecule has 0 fully saturated rings. The number of amides is 1. The van der Waals surface area contributed by atoms with Crippen LogP contribution in [0.3, 0.4) is 0 Å². The summed E-state index contributed by atoms with van der Waals surface area (Å²) in [5, 5.41) is 3.00. The van der Waals surface area contributed by atoms with Crippen LogP contribution in [-0.2, 0) is 6.54 Å². The van der Waals surface area contributed by atoms with Crippen molar-refractivity contribution in [2.45, 2.75) is 13.5 Å². The van der Waals surface area contributed by atoms with Crippen LogP contribution in [-0.4, -0.2) is 21.0 Å². The predicted octanol–water partition coefficient (Wildman–Crippen LogP) is 3.84. The molecule has 0 unspecified atom stereocenters. The highest BCUT2D eigenvalue weighted by Gasteiger charge is 2.20. The summed E-state index contributed by atoms with van der Waals surface area (Å²) in [6.45, 7) is 2.54. The van der Waals surface area contributed by atoms with Crippen molar-refractivity contribution in [1.82, 2.24) is 9.38 Å². The van der Waals surface area contributed by atoms with Crippen LogP contribution in [0.25, 0.3) is 5.52 Å². The lowest BCUT2D eigenvalue weighted by atomic mass is 10.0. The number of pyridine rings is 1. The molecule has 4 aromatic rings. The number of benzene rings is 1. The van der Waals surface area contributed by atoms with Gasteiger partial charge in [0.1, 0.15) is 5.71 Å². The van der Waals surface area contributed by atoms with Gasteiger partial charge in [-0.15, -0.1) is 0 Å². The maximum Gasteiger partial charge on any atom is 0.256 e. The van der Waals surface area contributed by atoms with Gasteiger partial charge in [0.25, 0.3) is 5.91 Å². The molecule has 3 aromatic heterocycles. The molecule has 0 saturated heterocycles. The molecule has 27 heavy (non-hydrogen) atoms. The molecule has 1 aliphatic heterocycles. The number of nitrogens with zero attached hydrogens (tertiary/aromatic N) is 3. The number of hydrogen-bond donors (Lipinski definition) is 1. The number of carbonyl (C=O) groups excluding carboxylic acids is 1. The van der Waals surface area contributed by atoms with Crippen LogP contribution in [0, 0.1) is 6.92 Å². The molecular weight excluding hydrogens is 340 g/mol. The summed E-state index contributed by atoms with van der Waals surface area (Å²) in [4.78, 5) is 21.5. The summed E-state index contributed by atoms with van der Waals surface area (Å²) in [7, 11) is 0. The number of carbonyl (C=O) groups is 1. The Hall–Kier alpha value is -3.67. The lowest BCUT2D eigenvalue weighted by Gasteiger charge is -2.10. The second-order valence-electron chi connectivity index (χ2n) is 6.56. The van der Waals surface area contributed by atoms with Crippen molar-refractivity contribution in [3.63, 3.8) is 0 Å². The Morgan fingerprint density at radius 3 is 3.04 bits per heavy atom. The minimum atomic E-state index is -0.148. The fourth-order valence-electron chi connectivity index (χ4n) is 3.40. The summed E-state index contributed by atoms with van der Waals surface area (Å²) >= 11 is 0. The standard InChI is InChI=1S/C21H16N4O2/c1-13-11-25-12-22-10-16(25)8-17(13)21(26)24-15-5-4-14-9-23-20(18(14)7-15)19-3-2-6-27-19/h2-8,10-12H,9H2,1H3,(H,24,26). The Bertz CT molecular complexity index is 1200. The molecule has 0 bridgehead atoms. The predicted molar refractivity (Wildman–Crippen MR) is 102 cm³/mol. The molecule has 4 heterocycles. The van der Waals surface area contributed by atoms with Crippen LogP contribution >= 0.6 is 0 Å². The molecule has 0 saturated carbocycles. The van der Waals surface area contributed by atoms with E-state index in [4.69, 9.17) is 4.42 Å². The Morgan fingerprint density at radius 1 is 1.26 bits per heavy atom.